The lowest BCUT2D eigenvalue weighted by Gasteiger charge is -2.11. The molecule has 3 rings (SSSR count). The second kappa shape index (κ2) is 7.16. The number of rotatable bonds is 4. The molecule has 1 aliphatic heterocycles. The summed E-state index contributed by atoms with van der Waals surface area (Å²) < 4.78 is 1.94. The maximum Gasteiger partial charge on any atom is 0.133 e. The molecule has 0 amide bonds. The minimum atomic E-state index is 0.664. The van der Waals surface area contributed by atoms with Gasteiger partial charge in [0.1, 0.15) is 5.82 Å². The number of hydrogen-bond donors (Lipinski definition) is 1. The zero-order chi connectivity index (χ0) is 15.5. The van der Waals surface area contributed by atoms with Crippen molar-refractivity contribution in [3.05, 3.63) is 39.5 Å². The number of fused-ring (bicyclic) bond motifs is 1. The van der Waals surface area contributed by atoms with Crippen LogP contribution in [0.25, 0.3) is 5.69 Å². The van der Waals surface area contributed by atoms with Crippen LogP contribution >= 0.6 is 35.0 Å². The Morgan fingerprint density at radius 2 is 2.18 bits per heavy atom. The van der Waals surface area contributed by atoms with E-state index in [1.54, 1.807) is 6.07 Å². The quantitative estimate of drug-likeness (QED) is 0.851. The third-order valence-corrected chi connectivity index (χ3v) is 5.06. The average Bonchev–Trinajstić information content (AvgIpc) is 2.70. The number of nitrogens with one attached hydrogen (secondary N) is 1. The van der Waals surface area contributed by atoms with Crippen LogP contribution in [0.4, 0.5) is 5.82 Å². The highest BCUT2D eigenvalue weighted by atomic mass is 35.5. The number of thioether (sulfide) groups is 1. The number of halogens is 2. The van der Waals surface area contributed by atoms with Gasteiger partial charge >= 0.3 is 0 Å². The highest BCUT2D eigenvalue weighted by molar-refractivity contribution is 7.98. The van der Waals surface area contributed by atoms with Crippen molar-refractivity contribution in [3.63, 3.8) is 0 Å². The van der Waals surface area contributed by atoms with Crippen LogP contribution in [-0.4, -0.2) is 28.3 Å². The summed E-state index contributed by atoms with van der Waals surface area (Å²) in [6.07, 6.45) is 6.56. The third-order valence-electron chi connectivity index (χ3n) is 3.89. The molecule has 0 spiro atoms. The van der Waals surface area contributed by atoms with Gasteiger partial charge in [-0.05, 0) is 49.5 Å². The lowest BCUT2D eigenvalue weighted by molar-refractivity contribution is 0.766. The fraction of sp³-hybridized carbons (Fsp3) is 0.438. The number of anilines is 1. The summed E-state index contributed by atoms with van der Waals surface area (Å²) in [5, 5.41) is 9.70. The van der Waals surface area contributed by atoms with Crippen LogP contribution in [0.15, 0.2) is 18.2 Å². The maximum absolute atomic E-state index is 6.38. The van der Waals surface area contributed by atoms with Gasteiger partial charge in [0.2, 0.25) is 0 Å². The molecule has 1 N–H and O–H groups in total. The third kappa shape index (κ3) is 3.24. The fourth-order valence-electron chi connectivity index (χ4n) is 2.80. The molecule has 6 heteroatoms. The van der Waals surface area contributed by atoms with Crippen LogP contribution in [0.3, 0.4) is 0 Å². The molecule has 0 atom stereocenters. The number of aromatic nitrogens is 2. The molecule has 118 valence electrons. The predicted octanol–water partition coefficient (Wildman–Crippen LogP) is 4.83. The van der Waals surface area contributed by atoms with Gasteiger partial charge in [-0.15, -0.1) is 0 Å². The van der Waals surface area contributed by atoms with E-state index in [-0.39, 0.29) is 0 Å². The van der Waals surface area contributed by atoms with E-state index < -0.39 is 0 Å². The Morgan fingerprint density at radius 3 is 3.00 bits per heavy atom. The first-order valence-electron chi connectivity index (χ1n) is 7.49. The van der Waals surface area contributed by atoms with E-state index >= 15 is 0 Å². The van der Waals surface area contributed by atoms with E-state index in [2.05, 4.69) is 11.6 Å². The number of hydrogen-bond acceptors (Lipinski definition) is 3. The molecule has 1 aromatic carbocycles. The van der Waals surface area contributed by atoms with E-state index in [4.69, 9.17) is 28.3 Å². The van der Waals surface area contributed by atoms with Gasteiger partial charge in [0.15, 0.2) is 0 Å². The van der Waals surface area contributed by atoms with E-state index in [0.717, 1.165) is 36.6 Å². The van der Waals surface area contributed by atoms with Gasteiger partial charge < -0.3 is 5.32 Å². The molecule has 0 radical (unpaired) electrons. The second-order valence-electron chi connectivity index (χ2n) is 5.41. The summed E-state index contributed by atoms with van der Waals surface area (Å²) in [4.78, 5) is 0. The first-order chi connectivity index (χ1) is 10.7. The molecule has 1 aliphatic rings. The van der Waals surface area contributed by atoms with Crippen molar-refractivity contribution in [1.29, 1.82) is 0 Å². The summed E-state index contributed by atoms with van der Waals surface area (Å²) in [7, 11) is 0. The molecule has 2 heterocycles. The van der Waals surface area contributed by atoms with Crippen LogP contribution in [-0.2, 0) is 12.8 Å². The molecule has 0 bridgehead atoms. The van der Waals surface area contributed by atoms with Crippen molar-refractivity contribution >= 4 is 40.8 Å². The van der Waals surface area contributed by atoms with Gasteiger partial charge in [0, 0.05) is 23.6 Å². The van der Waals surface area contributed by atoms with Gasteiger partial charge in [-0.25, -0.2) is 4.68 Å². The van der Waals surface area contributed by atoms with Crippen LogP contribution in [0.1, 0.15) is 24.1 Å². The lowest BCUT2D eigenvalue weighted by Crippen LogP contribution is -2.07. The highest BCUT2D eigenvalue weighted by Crippen LogP contribution is 2.32. The Kier molecular flexibility index (Phi) is 5.21. The molecule has 22 heavy (non-hydrogen) atoms. The minimum absolute atomic E-state index is 0.664. The van der Waals surface area contributed by atoms with E-state index in [1.807, 2.05) is 28.6 Å². The van der Waals surface area contributed by atoms with Crippen LogP contribution in [0, 0.1) is 0 Å². The molecule has 2 aromatic rings. The Bertz CT molecular complexity index is 670. The van der Waals surface area contributed by atoms with Crippen LogP contribution in [0.2, 0.25) is 10.0 Å². The Morgan fingerprint density at radius 1 is 1.32 bits per heavy atom. The number of aryl methyl sites for hydroxylation is 1. The SMILES string of the molecule is CSCCc1nn(-c2cc(Cl)ccc2Cl)c2c1CCCCN2. The van der Waals surface area contributed by atoms with Crippen molar-refractivity contribution in [3.8, 4) is 5.69 Å². The molecular weight excluding hydrogens is 337 g/mol. The van der Waals surface area contributed by atoms with E-state index in [0.29, 0.717) is 10.0 Å². The number of benzene rings is 1. The topological polar surface area (TPSA) is 29.9 Å². The van der Waals surface area contributed by atoms with Gasteiger partial charge in [-0.2, -0.15) is 16.9 Å². The van der Waals surface area contributed by atoms with Crippen molar-refractivity contribution in [1.82, 2.24) is 9.78 Å². The molecule has 0 aliphatic carbocycles. The predicted molar refractivity (Wildman–Crippen MR) is 97.1 cm³/mol. The van der Waals surface area contributed by atoms with Crippen molar-refractivity contribution in [2.45, 2.75) is 25.7 Å². The highest BCUT2D eigenvalue weighted by Gasteiger charge is 2.21. The molecule has 0 unspecified atom stereocenters. The summed E-state index contributed by atoms with van der Waals surface area (Å²) in [6.45, 7) is 0.971. The monoisotopic (exact) mass is 355 g/mol. The van der Waals surface area contributed by atoms with Gasteiger partial charge in [0.05, 0.1) is 16.4 Å². The van der Waals surface area contributed by atoms with Crippen LogP contribution in [0.5, 0.6) is 0 Å². The number of nitrogens with zero attached hydrogens (tertiary/aromatic N) is 2. The van der Waals surface area contributed by atoms with Gasteiger partial charge in [-0.1, -0.05) is 23.2 Å². The van der Waals surface area contributed by atoms with Gasteiger partial charge in [-0.3, -0.25) is 0 Å². The molecule has 3 nitrogen and oxygen atoms in total. The lowest BCUT2D eigenvalue weighted by atomic mass is 10.1. The maximum atomic E-state index is 6.38. The standard InChI is InChI=1S/C16H19Cl2N3S/c1-22-9-7-14-12-4-2-3-8-19-16(12)21(20-14)15-10-11(17)5-6-13(15)18/h5-6,10,19H,2-4,7-9H2,1H3. The molecule has 0 saturated carbocycles. The first-order valence-corrected chi connectivity index (χ1v) is 9.64. The smallest absolute Gasteiger partial charge is 0.133 e. The van der Waals surface area contributed by atoms with E-state index in [1.165, 1.54) is 24.1 Å². The average molecular weight is 356 g/mol. The first kappa shape index (κ1) is 16.0. The van der Waals surface area contributed by atoms with Crippen molar-refractivity contribution in [2.75, 3.05) is 23.9 Å². The fourth-order valence-corrected chi connectivity index (χ4v) is 3.56. The Hall–Kier alpha value is -0.840. The summed E-state index contributed by atoms with van der Waals surface area (Å²) in [6, 6.07) is 5.51. The summed E-state index contributed by atoms with van der Waals surface area (Å²) >= 11 is 14.4. The van der Waals surface area contributed by atoms with Gasteiger partial charge in [0.25, 0.3) is 0 Å². The van der Waals surface area contributed by atoms with Crippen molar-refractivity contribution < 1.29 is 0 Å². The normalized spacial score (nSPS) is 14.3. The molecule has 1 aromatic heterocycles. The molecular formula is C16H19Cl2N3S. The Balaban J connectivity index is 2.10. The summed E-state index contributed by atoms with van der Waals surface area (Å²) in [5.41, 5.74) is 3.35. The molecule has 0 fully saturated rings. The zero-order valence-corrected chi connectivity index (χ0v) is 14.9. The van der Waals surface area contributed by atoms with Crippen molar-refractivity contribution in [2.24, 2.45) is 0 Å². The Labute approximate surface area is 145 Å². The van der Waals surface area contributed by atoms with E-state index in [9.17, 15) is 0 Å². The van der Waals surface area contributed by atoms with Crippen LogP contribution < -0.4 is 5.32 Å². The summed E-state index contributed by atoms with van der Waals surface area (Å²) in [5.74, 6) is 2.16. The molecule has 0 saturated heterocycles. The zero-order valence-electron chi connectivity index (χ0n) is 12.5. The minimum Gasteiger partial charge on any atom is -0.370 e. The largest absolute Gasteiger partial charge is 0.370 e. The second-order valence-corrected chi connectivity index (χ2v) is 7.24.